The van der Waals surface area contributed by atoms with Crippen molar-refractivity contribution in [2.45, 2.75) is 12.5 Å². The second-order valence-electron chi connectivity index (χ2n) is 2.67. The predicted molar refractivity (Wildman–Crippen MR) is 56.6 cm³/mol. The normalized spacial score (nSPS) is 12.4. The summed E-state index contributed by atoms with van der Waals surface area (Å²) in [5, 5.41) is 10.3. The zero-order chi connectivity index (χ0) is 10.7. The minimum absolute atomic E-state index is 0.172. The van der Waals surface area contributed by atoms with E-state index in [2.05, 4.69) is 15.9 Å². The maximum absolute atomic E-state index is 11.5. The number of hydrogen-bond acceptors (Lipinski definition) is 4. The number of hydrogen-bond donors (Lipinski definition) is 2. The molecular weight excluding hydrogens is 270 g/mol. The number of Topliss-reactive ketones (excluding diaryl/α,β-unsaturated/α-hetero) is 1. The van der Waals surface area contributed by atoms with Gasteiger partial charge in [-0.25, -0.2) is 0 Å². The van der Waals surface area contributed by atoms with E-state index in [1.54, 1.807) is 11.4 Å². The van der Waals surface area contributed by atoms with E-state index in [9.17, 15) is 9.59 Å². The Morgan fingerprint density at radius 3 is 2.71 bits per heavy atom. The lowest BCUT2D eigenvalue weighted by atomic mass is 10.1. The highest BCUT2D eigenvalue weighted by Gasteiger charge is 2.19. The topological polar surface area (TPSA) is 80.4 Å². The predicted octanol–water partition coefficient (Wildman–Crippen LogP) is 1.50. The van der Waals surface area contributed by atoms with Gasteiger partial charge in [-0.3, -0.25) is 9.59 Å². The van der Waals surface area contributed by atoms with Gasteiger partial charge < -0.3 is 10.8 Å². The number of ketones is 1. The number of aliphatic carboxylic acids is 1. The fraction of sp³-hybridized carbons (Fsp3) is 0.250. The SMILES string of the molecule is N[C@@H](CC(=O)c1sccc1Br)C(=O)O. The van der Waals surface area contributed by atoms with Gasteiger partial charge >= 0.3 is 5.97 Å². The van der Waals surface area contributed by atoms with Crippen molar-refractivity contribution in [2.24, 2.45) is 5.73 Å². The summed E-state index contributed by atoms with van der Waals surface area (Å²) in [5.41, 5.74) is 5.24. The second-order valence-corrected chi connectivity index (χ2v) is 4.44. The van der Waals surface area contributed by atoms with Gasteiger partial charge in [-0.15, -0.1) is 11.3 Å². The Hall–Kier alpha value is -0.720. The van der Waals surface area contributed by atoms with Crippen molar-refractivity contribution in [3.63, 3.8) is 0 Å². The summed E-state index contributed by atoms with van der Waals surface area (Å²) in [6, 6.07) is 0.612. The molecule has 0 saturated heterocycles. The van der Waals surface area contributed by atoms with Gasteiger partial charge in [0, 0.05) is 10.9 Å². The molecule has 0 fully saturated rings. The zero-order valence-corrected chi connectivity index (χ0v) is 9.47. The van der Waals surface area contributed by atoms with Crippen LogP contribution in [0.3, 0.4) is 0 Å². The Balaban J connectivity index is 2.69. The van der Waals surface area contributed by atoms with E-state index in [0.717, 1.165) is 0 Å². The molecule has 4 nitrogen and oxygen atoms in total. The molecule has 1 heterocycles. The molecule has 1 aromatic rings. The Morgan fingerprint density at radius 2 is 2.29 bits per heavy atom. The summed E-state index contributed by atoms with van der Waals surface area (Å²) in [5.74, 6) is -1.41. The summed E-state index contributed by atoms with van der Waals surface area (Å²) in [7, 11) is 0. The molecule has 0 aliphatic rings. The first-order valence-corrected chi connectivity index (χ1v) is 5.44. The Labute approximate surface area is 92.9 Å². The minimum Gasteiger partial charge on any atom is -0.480 e. The highest BCUT2D eigenvalue weighted by atomic mass is 79.9. The van der Waals surface area contributed by atoms with Crippen molar-refractivity contribution >= 4 is 39.0 Å². The van der Waals surface area contributed by atoms with Crippen molar-refractivity contribution in [3.05, 3.63) is 20.8 Å². The monoisotopic (exact) mass is 277 g/mol. The van der Waals surface area contributed by atoms with Gasteiger partial charge in [-0.1, -0.05) is 0 Å². The number of thiophene rings is 1. The fourth-order valence-corrected chi connectivity index (χ4v) is 2.42. The van der Waals surface area contributed by atoms with Gasteiger partial charge in [0.2, 0.25) is 0 Å². The Morgan fingerprint density at radius 1 is 1.64 bits per heavy atom. The standard InChI is InChI=1S/C8H8BrNO3S/c9-4-1-2-14-7(4)6(11)3-5(10)8(12)13/h1-2,5H,3,10H2,(H,12,13)/t5-/m0/s1. The number of carbonyl (C=O) groups is 2. The van der Waals surface area contributed by atoms with Crippen LogP contribution in [-0.2, 0) is 4.79 Å². The van der Waals surface area contributed by atoms with Gasteiger partial charge in [0.05, 0.1) is 4.88 Å². The highest BCUT2D eigenvalue weighted by Crippen LogP contribution is 2.24. The van der Waals surface area contributed by atoms with Crippen LogP contribution < -0.4 is 5.73 Å². The molecule has 0 amide bonds. The maximum atomic E-state index is 11.5. The van der Waals surface area contributed by atoms with E-state index < -0.39 is 12.0 Å². The third-order valence-electron chi connectivity index (χ3n) is 1.59. The molecule has 76 valence electrons. The number of halogens is 1. The second kappa shape index (κ2) is 4.68. The van der Waals surface area contributed by atoms with Crippen LogP contribution >= 0.6 is 27.3 Å². The smallest absolute Gasteiger partial charge is 0.320 e. The van der Waals surface area contributed by atoms with Crippen LogP contribution in [0.5, 0.6) is 0 Å². The quantitative estimate of drug-likeness (QED) is 0.818. The summed E-state index contributed by atoms with van der Waals surface area (Å²) < 4.78 is 0.685. The molecule has 0 radical (unpaired) electrons. The van der Waals surface area contributed by atoms with Crippen LogP contribution in [0.1, 0.15) is 16.1 Å². The molecule has 1 rings (SSSR count). The van der Waals surface area contributed by atoms with Crippen LogP contribution in [-0.4, -0.2) is 22.9 Å². The Bertz CT molecular complexity index is 363. The average Bonchev–Trinajstić information content (AvgIpc) is 2.51. The highest BCUT2D eigenvalue weighted by molar-refractivity contribution is 9.10. The first kappa shape index (κ1) is 11.4. The molecule has 0 saturated carbocycles. The number of carbonyl (C=O) groups excluding carboxylic acids is 1. The third kappa shape index (κ3) is 2.63. The van der Waals surface area contributed by atoms with E-state index in [1.165, 1.54) is 11.3 Å². The minimum atomic E-state index is -1.16. The molecule has 0 spiro atoms. The summed E-state index contributed by atoms with van der Waals surface area (Å²) >= 11 is 4.46. The van der Waals surface area contributed by atoms with Crippen LogP contribution in [0.2, 0.25) is 0 Å². The molecule has 1 atom stereocenters. The lowest BCUT2D eigenvalue weighted by Crippen LogP contribution is -2.32. The van der Waals surface area contributed by atoms with Gasteiger partial charge in [-0.05, 0) is 27.4 Å². The van der Waals surface area contributed by atoms with Gasteiger partial charge in [0.25, 0.3) is 0 Å². The molecule has 3 N–H and O–H groups in total. The molecule has 0 aliphatic carbocycles. The largest absolute Gasteiger partial charge is 0.480 e. The molecule has 0 aliphatic heterocycles. The van der Waals surface area contributed by atoms with Gasteiger partial charge in [-0.2, -0.15) is 0 Å². The maximum Gasteiger partial charge on any atom is 0.320 e. The lowest BCUT2D eigenvalue weighted by molar-refractivity contribution is -0.138. The van der Waals surface area contributed by atoms with Crippen LogP contribution in [0.4, 0.5) is 0 Å². The van der Waals surface area contributed by atoms with Crippen LogP contribution in [0.25, 0.3) is 0 Å². The van der Waals surface area contributed by atoms with Crippen molar-refractivity contribution in [1.29, 1.82) is 0 Å². The third-order valence-corrected chi connectivity index (χ3v) is 3.47. The van der Waals surface area contributed by atoms with Crippen molar-refractivity contribution < 1.29 is 14.7 Å². The lowest BCUT2D eigenvalue weighted by Gasteiger charge is -2.03. The number of carboxylic acid groups (broad SMARTS) is 1. The first-order chi connectivity index (χ1) is 6.52. The molecule has 0 unspecified atom stereocenters. The number of nitrogens with two attached hydrogens (primary N) is 1. The van der Waals surface area contributed by atoms with E-state index in [1.807, 2.05) is 0 Å². The summed E-state index contributed by atoms with van der Waals surface area (Å²) in [6.45, 7) is 0. The van der Waals surface area contributed by atoms with E-state index in [0.29, 0.717) is 9.35 Å². The fourth-order valence-electron chi connectivity index (χ4n) is 0.872. The van der Waals surface area contributed by atoms with Gasteiger partial charge in [0.15, 0.2) is 5.78 Å². The molecule has 14 heavy (non-hydrogen) atoms. The molecule has 6 heteroatoms. The summed E-state index contributed by atoms with van der Waals surface area (Å²) in [6.07, 6.45) is -0.172. The van der Waals surface area contributed by atoms with Gasteiger partial charge in [0.1, 0.15) is 6.04 Å². The van der Waals surface area contributed by atoms with Crippen LogP contribution in [0.15, 0.2) is 15.9 Å². The number of carboxylic acids is 1. The molecule has 0 bridgehead atoms. The van der Waals surface area contributed by atoms with Crippen LogP contribution in [0, 0.1) is 0 Å². The summed E-state index contributed by atoms with van der Waals surface area (Å²) in [4.78, 5) is 22.4. The Kier molecular flexibility index (Phi) is 3.79. The van der Waals surface area contributed by atoms with Crippen molar-refractivity contribution in [2.75, 3.05) is 0 Å². The van der Waals surface area contributed by atoms with E-state index in [4.69, 9.17) is 10.8 Å². The van der Waals surface area contributed by atoms with Crippen molar-refractivity contribution in [1.82, 2.24) is 0 Å². The molecular formula is C8H8BrNO3S. The number of rotatable bonds is 4. The average molecular weight is 278 g/mol. The van der Waals surface area contributed by atoms with E-state index in [-0.39, 0.29) is 12.2 Å². The zero-order valence-electron chi connectivity index (χ0n) is 7.07. The van der Waals surface area contributed by atoms with Crippen molar-refractivity contribution in [3.8, 4) is 0 Å². The first-order valence-electron chi connectivity index (χ1n) is 3.77. The molecule has 1 aromatic heterocycles. The van der Waals surface area contributed by atoms with E-state index >= 15 is 0 Å². The molecule has 0 aromatic carbocycles.